The molecule has 0 bridgehead atoms. The van der Waals surface area contributed by atoms with Gasteiger partial charge in [0.15, 0.2) is 6.61 Å². The molecular weight excluding hydrogens is 380 g/mol. The van der Waals surface area contributed by atoms with E-state index in [2.05, 4.69) is 10.2 Å². The maximum absolute atomic E-state index is 12.2. The Kier molecular flexibility index (Phi) is 7.03. The van der Waals surface area contributed by atoms with Gasteiger partial charge in [-0.05, 0) is 48.4 Å². The second-order valence-corrected chi connectivity index (χ2v) is 7.11. The van der Waals surface area contributed by atoms with Crippen LogP contribution in [-0.2, 0) is 20.8 Å². The van der Waals surface area contributed by atoms with Crippen LogP contribution in [-0.4, -0.2) is 49.7 Å². The first-order valence-electron chi connectivity index (χ1n) is 9.13. The van der Waals surface area contributed by atoms with Crippen LogP contribution >= 0.6 is 11.6 Å². The minimum Gasteiger partial charge on any atom is -0.452 e. The molecule has 0 aromatic heterocycles. The van der Waals surface area contributed by atoms with Crippen molar-refractivity contribution < 1.29 is 19.1 Å². The van der Waals surface area contributed by atoms with Gasteiger partial charge in [-0.15, -0.1) is 0 Å². The predicted octanol–water partition coefficient (Wildman–Crippen LogP) is 3.28. The number of anilines is 1. The van der Waals surface area contributed by atoms with Crippen molar-refractivity contribution in [1.82, 2.24) is 4.90 Å². The molecule has 0 atom stereocenters. The van der Waals surface area contributed by atoms with Crippen molar-refractivity contribution in [2.45, 2.75) is 13.5 Å². The van der Waals surface area contributed by atoms with Crippen molar-refractivity contribution in [3.63, 3.8) is 0 Å². The Hall–Kier alpha value is -2.41. The number of halogens is 1. The Bertz CT molecular complexity index is 833. The summed E-state index contributed by atoms with van der Waals surface area (Å²) in [6, 6.07) is 12.4. The van der Waals surface area contributed by atoms with Crippen LogP contribution in [0.25, 0.3) is 0 Å². The summed E-state index contributed by atoms with van der Waals surface area (Å²) in [6.07, 6.45) is 0. The lowest BCUT2D eigenvalue weighted by atomic mass is 10.1. The number of amides is 1. The zero-order valence-corrected chi connectivity index (χ0v) is 16.5. The number of nitrogens with one attached hydrogen (secondary N) is 1. The fourth-order valence-electron chi connectivity index (χ4n) is 2.93. The predicted molar refractivity (Wildman–Crippen MR) is 108 cm³/mol. The van der Waals surface area contributed by atoms with Crippen molar-refractivity contribution in [1.29, 1.82) is 0 Å². The van der Waals surface area contributed by atoms with Crippen LogP contribution in [0.4, 0.5) is 5.69 Å². The second-order valence-electron chi connectivity index (χ2n) is 6.67. The summed E-state index contributed by atoms with van der Waals surface area (Å²) in [5.74, 6) is -0.927. The third-order valence-corrected chi connectivity index (χ3v) is 4.73. The van der Waals surface area contributed by atoms with E-state index in [-0.39, 0.29) is 6.61 Å². The SMILES string of the molecule is Cc1cc(Cl)ccc1NC(=O)COC(=O)c1ccc(CN2CCOCC2)cc1. The Labute approximate surface area is 169 Å². The lowest BCUT2D eigenvalue weighted by Gasteiger charge is -2.26. The first-order chi connectivity index (χ1) is 13.5. The van der Waals surface area contributed by atoms with Crippen molar-refractivity contribution in [3.8, 4) is 0 Å². The standard InChI is InChI=1S/C21H23ClN2O4/c1-15-12-18(22)6-7-19(15)23-20(25)14-28-21(26)17-4-2-16(3-5-17)13-24-8-10-27-11-9-24/h2-7,12H,8-11,13-14H2,1H3,(H,23,25). The first-order valence-corrected chi connectivity index (χ1v) is 9.51. The first kappa shape index (κ1) is 20.3. The minimum absolute atomic E-state index is 0.351. The van der Waals surface area contributed by atoms with Crippen LogP contribution in [0.1, 0.15) is 21.5 Å². The lowest BCUT2D eigenvalue weighted by Crippen LogP contribution is -2.35. The van der Waals surface area contributed by atoms with Crippen molar-refractivity contribution in [3.05, 3.63) is 64.2 Å². The molecule has 148 valence electrons. The Balaban J connectivity index is 1.48. The van der Waals surface area contributed by atoms with Gasteiger partial charge in [-0.25, -0.2) is 4.79 Å². The van der Waals surface area contributed by atoms with Crippen LogP contribution in [0.15, 0.2) is 42.5 Å². The molecule has 1 N–H and O–H groups in total. The number of ether oxygens (including phenoxy) is 2. The summed E-state index contributed by atoms with van der Waals surface area (Å²) in [7, 11) is 0. The zero-order valence-electron chi connectivity index (χ0n) is 15.7. The van der Waals surface area contributed by atoms with E-state index in [9.17, 15) is 9.59 Å². The van der Waals surface area contributed by atoms with Gasteiger partial charge in [-0.3, -0.25) is 9.69 Å². The molecule has 2 aromatic rings. The van der Waals surface area contributed by atoms with E-state index in [0.29, 0.717) is 16.3 Å². The number of aryl methyl sites for hydroxylation is 1. The van der Waals surface area contributed by atoms with Crippen LogP contribution in [0, 0.1) is 6.92 Å². The van der Waals surface area contributed by atoms with Crippen LogP contribution in [0.3, 0.4) is 0 Å². The number of carbonyl (C=O) groups excluding carboxylic acids is 2. The summed E-state index contributed by atoms with van der Waals surface area (Å²) in [5.41, 5.74) is 3.01. The van der Waals surface area contributed by atoms with Gasteiger partial charge in [0, 0.05) is 30.3 Å². The van der Waals surface area contributed by atoms with Gasteiger partial charge in [0.05, 0.1) is 18.8 Å². The molecule has 0 unspecified atom stereocenters. The summed E-state index contributed by atoms with van der Waals surface area (Å²) < 4.78 is 10.5. The number of morpholine rings is 1. The van der Waals surface area contributed by atoms with Gasteiger partial charge in [0.25, 0.3) is 5.91 Å². The fraction of sp³-hybridized carbons (Fsp3) is 0.333. The molecular formula is C21H23ClN2O4. The number of hydrogen-bond donors (Lipinski definition) is 1. The number of nitrogens with zero attached hydrogens (tertiary/aromatic N) is 1. The quantitative estimate of drug-likeness (QED) is 0.751. The highest BCUT2D eigenvalue weighted by Gasteiger charge is 2.13. The van der Waals surface area contributed by atoms with Crippen molar-refractivity contribution in [2.24, 2.45) is 0 Å². The van der Waals surface area contributed by atoms with Crippen LogP contribution in [0.2, 0.25) is 5.02 Å². The molecule has 28 heavy (non-hydrogen) atoms. The molecule has 0 radical (unpaired) electrons. The second kappa shape index (κ2) is 9.68. The van der Waals surface area contributed by atoms with E-state index in [0.717, 1.165) is 44.0 Å². The van der Waals surface area contributed by atoms with Gasteiger partial charge in [-0.2, -0.15) is 0 Å². The average Bonchev–Trinajstić information content (AvgIpc) is 2.70. The number of esters is 1. The minimum atomic E-state index is -0.527. The van der Waals surface area contributed by atoms with E-state index in [4.69, 9.17) is 21.1 Å². The molecule has 1 aliphatic heterocycles. The molecule has 1 aliphatic rings. The highest BCUT2D eigenvalue weighted by molar-refractivity contribution is 6.30. The molecule has 1 fully saturated rings. The lowest BCUT2D eigenvalue weighted by molar-refractivity contribution is -0.119. The number of benzene rings is 2. The third kappa shape index (κ3) is 5.79. The molecule has 7 heteroatoms. The topological polar surface area (TPSA) is 67.9 Å². The van der Waals surface area contributed by atoms with Crippen LogP contribution < -0.4 is 5.32 Å². The normalized spacial score (nSPS) is 14.5. The number of hydrogen-bond acceptors (Lipinski definition) is 5. The molecule has 3 rings (SSSR count). The monoisotopic (exact) mass is 402 g/mol. The molecule has 0 saturated carbocycles. The summed E-state index contributed by atoms with van der Waals surface area (Å²) in [5, 5.41) is 3.30. The fourth-order valence-corrected chi connectivity index (χ4v) is 3.16. The third-order valence-electron chi connectivity index (χ3n) is 4.50. The van der Waals surface area contributed by atoms with Crippen molar-refractivity contribution in [2.75, 3.05) is 38.2 Å². The smallest absolute Gasteiger partial charge is 0.338 e. The molecule has 1 saturated heterocycles. The summed E-state index contributed by atoms with van der Waals surface area (Å²) in [4.78, 5) is 26.5. The Morgan fingerprint density at radius 1 is 1.14 bits per heavy atom. The van der Waals surface area contributed by atoms with Gasteiger partial charge in [-0.1, -0.05) is 23.7 Å². The molecule has 0 spiro atoms. The van der Waals surface area contributed by atoms with Gasteiger partial charge >= 0.3 is 5.97 Å². The van der Waals surface area contributed by atoms with E-state index >= 15 is 0 Å². The van der Waals surface area contributed by atoms with Gasteiger partial charge in [0.1, 0.15) is 0 Å². The maximum atomic E-state index is 12.2. The molecule has 1 amide bonds. The highest BCUT2D eigenvalue weighted by Crippen LogP contribution is 2.19. The zero-order chi connectivity index (χ0) is 19.9. The van der Waals surface area contributed by atoms with Crippen molar-refractivity contribution >= 4 is 29.2 Å². The van der Waals surface area contributed by atoms with Gasteiger partial charge in [0.2, 0.25) is 0 Å². The highest BCUT2D eigenvalue weighted by atomic mass is 35.5. The molecule has 1 heterocycles. The molecule has 2 aromatic carbocycles. The number of rotatable bonds is 6. The van der Waals surface area contributed by atoms with E-state index in [1.54, 1.807) is 30.3 Å². The average molecular weight is 403 g/mol. The van der Waals surface area contributed by atoms with E-state index in [1.165, 1.54) is 0 Å². The summed E-state index contributed by atoms with van der Waals surface area (Å²) >= 11 is 5.90. The van der Waals surface area contributed by atoms with Crippen LogP contribution in [0.5, 0.6) is 0 Å². The van der Waals surface area contributed by atoms with Gasteiger partial charge < -0.3 is 14.8 Å². The van der Waals surface area contributed by atoms with E-state index in [1.807, 2.05) is 19.1 Å². The Morgan fingerprint density at radius 3 is 2.54 bits per heavy atom. The Morgan fingerprint density at radius 2 is 1.86 bits per heavy atom. The maximum Gasteiger partial charge on any atom is 0.338 e. The summed E-state index contributed by atoms with van der Waals surface area (Å²) in [6.45, 7) is 5.63. The largest absolute Gasteiger partial charge is 0.452 e. The molecule has 6 nitrogen and oxygen atoms in total. The molecule has 0 aliphatic carbocycles. The van der Waals surface area contributed by atoms with E-state index < -0.39 is 11.9 Å². The number of carbonyl (C=O) groups is 2.